The Morgan fingerprint density at radius 3 is 1.75 bits per heavy atom. The number of carbonyl (C=O) groups excluding carboxylic acids is 2. The molecule has 0 radical (unpaired) electrons. The molecule has 53 heavy (non-hydrogen) atoms. The maximum Gasteiger partial charge on any atom is 0.218 e. The van der Waals surface area contributed by atoms with Crippen LogP contribution in [0.2, 0.25) is 0 Å². The van der Waals surface area contributed by atoms with Gasteiger partial charge in [0.25, 0.3) is 0 Å². The number of ketones is 2. The van der Waals surface area contributed by atoms with Crippen LogP contribution in [0.15, 0.2) is 134 Å². The summed E-state index contributed by atoms with van der Waals surface area (Å²) < 4.78 is 44.3. The van der Waals surface area contributed by atoms with Crippen LogP contribution in [-0.4, -0.2) is 68.2 Å². The number of fused-ring (bicyclic) bond motifs is 2. The van der Waals surface area contributed by atoms with Gasteiger partial charge in [-0.05, 0) is 22.3 Å². The van der Waals surface area contributed by atoms with E-state index in [-0.39, 0.29) is 76.1 Å². The molecule has 2 aliphatic heterocycles. The van der Waals surface area contributed by atoms with Crippen molar-refractivity contribution in [3.63, 3.8) is 0 Å². The van der Waals surface area contributed by atoms with E-state index >= 15 is 0 Å². The first-order chi connectivity index (χ1) is 26.1. The summed E-state index contributed by atoms with van der Waals surface area (Å²) in [6, 6.07) is 39.1. The minimum atomic E-state index is -1.11. The minimum Gasteiger partial charge on any atom is -0.374 e. The number of carbonyl (C=O) groups is 2. The van der Waals surface area contributed by atoms with Gasteiger partial charge >= 0.3 is 0 Å². The van der Waals surface area contributed by atoms with Gasteiger partial charge in [-0.1, -0.05) is 127 Å². The molecule has 7 atom stereocenters. The number of rotatable bonds is 22. The Labute approximate surface area is 311 Å². The van der Waals surface area contributed by atoms with Gasteiger partial charge in [0.15, 0.2) is 11.6 Å². The molecule has 4 aromatic rings. The van der Waals surface area contributed by atoms with Crippen LogP contribution in [0.3, 0.4) is 0 Å². The molecule has 2 saturated heterocycles. The van der Waals surface area contributed by atoms with E-state index < -0.39 is 30.7 Å². The summed E-state index contributed by atoms with van der Waals surface area (Å²) >= 11 is 0. The van der Waals surface area contributed by atoms with E-state index in [1.165, 1.54) is 0 Å². The van der Waals surface area contributed by atoms with Gasteiger partial charge in [0.2, 0.25) is 6.29 Å². The normalized spacial score (nSPS) is 20.4. The molecule has 4 aromatic carbocycles. The second-order valence-electron chi connectivity index (χ2n) is 13.3. The molecular formula is C44H48O9. The predicted molar refractivity (Wildman–Crippen MR) is 198 cm³/mol. The first kappa shape index (κ1) is 38.4. The highest BCUT2D eigenvalue weighted by atomic mass is 16.7. The molecule has 0 aromatic heterocycles. The van der Waals surface area contributed by atoms with Crippen molar-refractivity contribution in [1.29, 1.82) is 0 Å². The lowest BCUT2D eigenvalue weighted by Crippen LogP contribution is -2.54. The van der Waals surface area contributed by atoms with Crippen LogP contribution in [0, 0.1) is 5.92 Å². The number of benzene rings is 4. The van der Waals surface area contributed by atoms with Gasteiger partial charge in [0, 0.05) is 18.8 Å². The van der Waals surface area contributed by atoms with Crippen molar-refractivity contribution in [2.75, 3.05) is 19.8 Å². The Morgan fingerprint density at radius 2 is 1.21 bits per heavy atom. The van der Waals surface area contributed by atoms with Crippen LogP contribution in [0.1, 0.15) is 35.1 Å². The van der Waals surface area contributed by atoms with E-state index in [0.29, 0.717) is 6.61 Å². The van der Waals surface area contributed by atoms with Crippen molar-refractivity contribution >= 4 is 11.6 Å². The van der Waals surface area contributed by atoms with E-state index in [2.05, 4.69) is 6.58 Å². The van der Waals surface area contributed by atoms with Crippen molar-refractivity contribution in [2.45, 2.75) is 76.1 Å². The van der Waals surface area contributed by atoms with Gasteiger partial charge in [-0.25, -0.2) is 0 Å². The Bertz CT molecular complexity index is 1690. The molecule has 2 aliphatic rings. The molecule has 0 saturated carbocycles. The van der Waals surface area contributed by atoms with Crippen molar-refractivity contribution in [1.82, 2.24) is 0 Å². The van der Waals surface area contributed by atoms with Crippen LogP contribution >= 0.6 is 0 Å². The first-order valence-corrected chi connectivity index (χ1v) is 18.2. The average Bonchev–Trinajstić information content (AvgIpc) is 3.65. The van der Waals surface area contributed by atoms with E-state index in [4.69, 9.17) is 33.2 Å². The SMILES string of the molecule is C=CCOC(COCc1ccccc1)[C@H](OCc1ccccc1)C(OCc1ccccc1)C(OCc1ccccc1)C(=O)CC1CC(=O)C2OCC1O2. The predicted octanol–water partition coefficient (Wildman–Crippen LogP) is 6.82. The molecular weight excluding hydrogens is 672 g/mol. The highest BCUT2D eigenvalue weighted by Crippen LogP contribution is 2.33. The van der Waals surface area contributed by atoms with E-state index in [1.54, 1.807) is 6.08 Å². The molecule has 6 unspecified atom stereocenters. The molecule has 6 rings (SSSR count). The molecule has 9 nitrogen and oxygen atoms in total. The Morgan fingerprint density at radius 1 is 0.698 bits per heavy atom. The Balaban J connectivity index is 1.35. The lowest BCUT2D eigenvalue weighted by Gasteiger charge is -2.37. The fourth-order valence-electron chi connectivity index (χ4n) is 6.63. The maximum absolute atomic E-state index is 14.7. The number of Topliss-reactive ketones (excluding diaryl/α,β-unsaturated/α-hetero) is 2. The number of hydrogen-bond donors (Lipinski definition) is 0. The third-order valence-corrected chi connectivity index (χ3v) is 9.40. The molecule has 0 spiro atoms. The minimum absolute atomic E-state index is 0.0330. The Hall–Kier alpha value is -4.32. The van der Waals surface area contributed by atoms with Gasteiger partial charge in [-0.3, -0.25) is 9.59 Å². The summed E-state index contributed by atoms with van der Waals surface area (Å²) in [5.74, 6) is -0.753. The number of hydrogen-bond acceptors (Lipinski definition) is 9. The van der Waals surface area contributed by atoms with Crippen LogP contribution in [0.5, 0.6) is 0 Å². The zero-order valence-corrected chi connectivity index (χ0v) is 29.9. The molecule has 2 heterocycles. The van der Waals surface area contributed by atoms with Gasteiger partial charge in [-0.2, -0.15) is 0 Å². The van der Waals surface area contributed by atoms with E-state index in [1.807, 2.05) is 121 Å². The maximum atomic E-state index is 14.7. The zero-order valence-electron chi connectivity index (χ0n) is 29.9. The third-order valence-electron chi connectivity index (χ3n) is 9.40. The third kappa shape index (κ3) is 11.3. The van der Waals surface area contributed by atoms with Crippen LogP contribution < -0.4 is 0 Å². The molecule has 2 bridgehead atoms. The zero-order chi connectivity index (χ0) is 36.7. The highest BCUT2D eigenvalue weighted by molar-refractivity contribution is 5.87. The topological polar surface area (TPSA) is 98.8 Å². The second kappa shape index (κ2) is 20.2. The highest BCUT2D eigenvalue weighted by Gasteiger charge is 2.47. The summed E-state index contributed by atoms with van der Waals surface area (Å²) in [5, 5.41) is 0. The van der Waals surface area contributed by atoms with Gasteiger partial charge in [-0.15, -0.1) is 6.58 Å². The Kier molecular flexibility index (Phi) is 14.7. The molecule has 0 N–H and O–H groups in total. The molecule has 9 heteroatoms. The monoisotopic (exact) mass is 720 g/mol. The lowest BCUT2D eigenvalue weighted by atomic mass is 9.86. The standard InChI is InChI=1S/C44H48O9/c1-2-23-48-40(30-47-26-32-15-7-3-8-16-32)42(50-28-34-19-11-5-12-20-34)43(51-29-35-21-13-6-14-22-35)41(49-27-33-17-9-4-10-18-33)37(45)24-36-25-38(46)44-52-31-39(36)53-44/h2-22,36,39-44H,1,23-31H2/t36?,39?,40?,41?,42-,43?,44?/m0/s1. The van der Waals surface area contributed by atoms with Crippen molar-refractivity contribution < 1.29 is 42.7 Å². The summed E-state index contributed by atoms with van der Waals surface area (Å²) in [4.78, 5) is 27.5. The van der Waals surface area contributed by atoms with Gasteiger partial charge in [0.05, 0.1) is 52.4 Å². The lowest BCUT2D eigenvalue weighted by molar-refractivity contribution is -0.198. The van der Waals surface area contributed by atoms with Crippen LogP contribution in [-0.2, 0) is 69.2 Å². The van der Waals surface area contributed by atoms with E-state index in [0.717, 1.165) is 22.3 Å². The second-order valence-corrected chi connectivity index (χ2v) is 13.3. The molecule has 0 aliphatic carbocycles. The van der Waals surface area contributed by atoms with E-state index in [9.17, 15) is 9.59 Å². The fourth-order valence-corrected chi connectivity index (χ4v) is 6.63. The van der Waals surface area contributed by atoms with Crippen molar-refractivity contribution in [3.05, 3.63) is 156 Å². The summed E-state index contributed by atoms with van der Waals surface area (Å²) in [6.07, 6.45) is -2.93. The quantitative estimate of drug-likeness (QED) is 0.0811. The van der Waals surface area contributed by atoms with Gasteiger partial charge in [0.1, 0.15) is 24.4 Å². The van der Waals surface area contributed by atoms with Crippen LogP contribution in [0.25, 0.3) is 0 Å². The first-order valence-electron chi connectivity index (χ1n) is 18.2. The summed E-state index contributed by atoms with van der Waals surface area (Å²) in [7, 11) is 0. The molecule has 2 fully saturated rings. The smallest absolute Gasteiger partial charge is 0.218 e. The van der Waals surface area contributed by atoms with Gasteiger partial charge < -0.3 is 33.2 Å². The summed E-state index contributed by atoms with van der Waals surface area (Å²) in [6.45, 7) is 5.38. The largest absolute Gasteiger partial charge is 0.374 e. The van der Waals surface area contributed by atoms with Crippen LogP contribution in [0.4, 0.5) is 0 Å². The fraction of sp³-hybridized carbons (Fsp3) is 0.364. The number of ether oxygens (including phenoxy) is 7. The molecule has 278 valence electrons. The molecule has 0 amide bonds. The van der Waals surface area contributed by atoms with Crippen molar-refractivity contribution in [3.8, 4) is 0 Å². The average molecular weight is 721 g/mol. The summed E-state index contributed by atoms with van der Waals surface area (Å²) in [5.41, 5.74) is 3.75. The van der Waals surface area contributed by atoms with Crippen molar-refractivity contribution in [2.24, 2.45) is 5.92 Å².